The fourth-order valence-electron chi connectivity index (χ4n) is 3.86. The summed E-state index contributed by atoms with van der Waals surface area (Å²) in [6.45, 7) is 0. The highest BCUT2D eigenvalue weighted by Crippen LogP contribution is 2.25. The first kappa shape index (κ1) is 22.4. The lowest BCUT2D eigenvalue weighted by Gasteiger charge is -2.20. The first-order valence-corrected chi connectivity index (χ1v) is 12.4. The quantitative estimate of drug-likeness (QED) is 0.307. The molecule has 5 rings (SSSR count). The maximum Gasteiger partial charge on any atom is 0.261 e. The molecule has 3 N–H and O–H groups in total. The zero-order valence-electron chi connectivity index (χ0n) is 18.5. The van der Waals surface area contributed by atoms with Crippen molar-refractivity contribution in [2.45, 2.75) is 10.9 Å². The van der Waals surface area contributed by atoms with Crippen LogP contribution in [0.25, 0.3) is 11.0 Å². The van der Waals surface area contributed by atoms with Crippen LogP contribution in [0.3, 0.4) is 0 Å². The van der Waals surface area contributed by atoms with Crippen LogP contribution in [0.5, 0.6) is 0 Å². The number of carbonyl (C=O) groups excluding carboxylic acids is 1. The standard InChI is InChI=1S/C27H22N4O3S/c32-27(20-11-14-23(15-12-20)35(33,34)31-22-9-5-2-6-10-22)30-26(19-7-3-1-4-8-19)21-13-16-24-25(17-21)29-18-28-24/h1-18,26,31H,(H,28,29)(H,30,32)/t26-/m1/s1. The molecule has 0 radical (unpaired) electrons. The minimum atomic E-state index is -3.77. The summed E-state index contributed by atoms with van der Waals surface area (Å²) in [5, 5.41) is 3.08. The molecule has 0 aliphatic carbocycles. The van der Waals surface area contributed by atoms with E-state index in [9.17, 15) is 13.2 Å². The van der Waals surface area contributed by atoms with Gasteiger partial charge in [-0.25, -0.2) is 13.4 Å². The second-order valence-electron chi connectivity index (χ2n) is 7.99. The second-order valence-corrected chi connectivity index (χ2v) is 9.67. The van der Waals surface area contributed by atoms with Crippen LogP contribution in [-0.4, -0.2) is 24.3 Å². The number of fused-ring (bicyclic) bond motifs is 1. The molecular weight excluding hydrogens is 460 g/mol. The van der Waals surface area contributed by atoms with E-state index in [1.165, 1.54) is 24.3 Å². The van der Waals surface area contributed by atoms with Crippen LogP contribution < -0.4 is 10.0 Å². The van der Waals surface area contributed by atoms with Gasteiger partial charge in [0.15, 0.2) is 0 Å². The van der Waals surface area contributed by atoms with Crippen molar-refractivity contribution in [3.8, 4) is 0 Å². The van der Waals surface area contributed by atoms with Crippen LogP contribution in [0.4, 0.5) is 5.69 Å². The number of nitrogens with one attached hydrogen (secondary N) is 3. The van der Waals surface area contributed by atoms with Gasteiger partial charge in [0.25, 0.3) is 15.9 Å². The maximum absolute atomic E-state index is 13.2. The molecule has 0 spiro atoms. The van der Waals surface area contributed by atoms with Gasteiger partial charge in [0.1, 0.15) is 0 Å². The van der Waals surface area contributed by atoms with E-state index in [0.29, 0.717) is 11.3 Å². The fourth-order valence-corrected chi connectivity index (χ4v) is 4.92. The summed E-state index contributed by atoms with van der Waals surface area (Å²) in [7, 11) is -3.77. The van der Waals surface area contributed by atoms with Crippen molar-refractivity contribution < 1.29 is 13.2 Å². The number of hydrogen-bond donors (Lipinski definition) is 3. The van der Waals surface area contributed by atoms with E-state index in [2.05, 4.69) is 20.0 Å². The number of imidazole rings is 1. The Bertz CT molecular complexity index is 1570. The van der Waals surface area contributed by atoms with Gasteiger partial charge in [-0.15, -0.1) is 0 Å². The number of carbonyl (C=O) groups is 1. The topological polar surface area (TPSA) is 104 Å². The third kappa shape index (κ3) is 4.92. The number of rotatable bonds is 7. The summed E-state index contributed by atoms with van der Waals surface area (Å²) >= 11 is 0. The molecule has 5 aromatic rings. The van der Waals surface area contributed by atoms with E-state index in [-0.39, 0.29) is 10.8 Å². The molecule has 8 heteroatoms. The number of sulfonamides is 1. The predicted molar refractivity (Wildman–Crippen MR) is 136 cm³/mol. The molecule has 0 unspecified atom stereocenters. The Kier molecular flexibility index (Phi) is 6.03. The molecule has 1 aromatic heterocycles. The number of aromatic amines is 1. The minimum absolute atomic E-state index is 0.0715. The second kappa shape index (κ2) is 9.44. The van der Waals surface area contributed by atoms with E-state index >= 15 is 0 Å². The SMILES string of the molecule is O=C(N[C@H](c1ccccc1)c1ccc2nc[nH]c2c1)c1ccc(S(=O)(=O)Nc2ccccc2)cc1. The largest absolute Gasteiger partial charge is 0.345 e. The summed E-state index contributed by atoms with van der Waals surface area (Å²) in [6, 6.07) is 29.6. The molecule has 0 bridgehead atoms. The lowest BCUT2D eigenvalue weighted by molar-refractivity contribution is 0.0943. The van der Waals surface area contributed by atoms with Gasteiger partial charge in [-0.2, -0.15) is 0 Å². The number of hydrogen-bond acceptors (Lipinski definition) is 4. The van der Waals surface area contributed by atoms with Crippen molar-refractivity contribution in [2.24, 2.45) is 0 Å². The molecule has 1 heterocycles. The van der Waals surface area contributed by atoms with Crippen LogP contribution in [-0.2, 0) is 10.0 Å². The summed E-state index contributed by atoms with van der Waals surface area (Å²) in [5.41, 5.74) is 4.35. The smallest absolute Gasteiger partial charge is 0.261 e. The molecule has 0 aliphatic heterocycles. The van der Waals surface area contributed by atoms with E-state index in [4.69, 9.17) is 0 Å². The number of benzene rings is 4. The highest BCUT2D eigenvalue weighted by Gasteiger charge is 2.20. The number of H-pyrrole nitrogens is 1. The van der Waals surface area contributed by atoms with Crippen LogP contribution in [0, 0.1) is 0 Å². The highest BCUT2D eigenvalue weighted by molar-refractivity contribution is 7.92. The van der Waals surface area contributed by atoms with E-state index in [1.54, 1.807) is 36.7 Å². The first-order chi connectivity index (χ1) is 17.0. The van der Waals surface area contributed by atoms with Gasteiger partial charge in [-0.05, 0) is 59.7 Å². The molecule has 0 fully saturated rings. The summed E-state index contributed by atoms with van der Waals surface area (Å²) in [5.74, 6) is -0.316. The molecule has 174 valence electrons. The van der Waals surface area contributed by atoms with Crippen molar-refractivity contribution in [3.63, 3.8) is 0 Å². The Labute approximate surface area is 202 Å². The monoisotopic (exact) mass is 482 g/mol. The number of amides is 1. The predicted octanol–water partition coefficient (Wildman–Crippen LogP) is 4.88. The summed E-state index contributed by atoms with van der Waals surface area (Å²) < 4.78 is 27.9. The zero-order chi connectivity index (χ0) is 24.3. The normalized spacial score (nSPS) is 12.2. The van der Waals surface area contributed by atoms with Crippen molar-refractivity contribution in [1.29, 1.82) is 0 Å². The van der Waals surface area contributed by atoms with Crippen molar-refractivity contribution in [1.82, 2.24) is 15.3 Å². The number of aromatic nitrogens is 2. The van der Waals surface area contributed by atoms with Gasteiger partial charge < -0.3 is 10.3 Å². The average molecular weight is 483 g/mol. The molecule has 7 nitrogen and oxygen atoms in total. The summed E-state index contributed by atoms with van der Waals surface area (Å²) in [4.78, 5) is 20.6. The van der Waals surface area contributed by atoms with E-state index in [1.807, 2.05) is 48.5 Å². The van der Waals surface area contributed by atoms with Crippen LogP contribution in [0.1, 0.15) is 27.5 Å². The maximum atomic E-state index is 13.2. The number of anilines is 1. The van der Waals surface area contributed by atoms with Gasteiger partial charge in [0.05, 0.1) is 28.3 Å². The van der Waals surface area contributed by atoms with E-state index in [0.717, 1.165) is 22.2 Å². The Morgan fingerprint density at radius 1 is 0.800 bits per heavy atom. The van der Waals surface area contributed by atoms with Gasteiger partial charge in [-0.1, -0.05) is 54.6 Å². The van der Waals surface area contributed by atoms with Gasteiger partial charge in [0, 0.05) is 11.3 Å². The lowest BCUT2D eigenvalue weighted by Crippen LogP contribution is -2.29. The molecule has 1 atom stereocenters. The molecule has 0 aliphatic rings. The van der Waals surface area contributed by atoms with Gasteiger partial charge >= 0.3 is 0 Å². The lowest BCUT2D eigenvalue weighted by atomic mass is 9.97. The van der Waals surface area contributed by atoms with Gasteiger partial charge in [-0.3, -0.25) is 9.52 Å². The third-order valence-corrected chi connectivity index (χ3v) is 7.04. The minimum Gasteiger partial charge on any atom is -0.345 e. The Balaban J connectivity index is 1.39. The molecular formula is C27H22N4O3S. The average Bonchev–Trinajstić information content (AvgIpc) is 3.36. The Hall–Kier alpha value is -4.43. The molecule has 0 saturated heterocycles. The van der Waals surface area contributed by atoms with Crippen molar-refractivity contribution in [2.75, 3.05) is 4.72 Å². The molecule has 0 saturated carbocycles. The van der Waals surface area contributed by atoms with E-state index < -0.39 is 16.1 Å². The van der Waals surface area contributed by atoms with Crippen molar-refractivity contribution >= 4 is 32.7 Å². The third-order valence-electron chi connectivity index (χ3n) is 5.64. The number of nitrogens with zero attached hydrogens (tertiary/aromatic N) is 1. The Morgan fingerprint density at radius 3 is 2.20 bits per heavy atom. The summed E-state index contributed by atoms with van der Waals surface area (Å²) in [6.07, 6.45) is 1.63. The Morgan fingerprint density at radius 2 is 1.49 bits per heavy atom. The molecule has 35 heavy (non-hydrogen) atoms. The van der Waals surface area contributed by atoms with Crippen LogP contribution in [0.15, 0.2) is 114 Å². The van der Waals surface area contributed by atoms with Crippen molar-refractivity contribution in [3.05, 3.63) is 126 Å². The molecule has 1 amide bonds. The first-order valence-electron chi connectivity index (χ1n) is 11.0. The fraction of sp³-hybridized carbons (Fsp3) is 0.0370. The number of para-hydroxylation sites is 1. The van der Waals surface area contributed by atoms with Gasteiger partial charge in [0.2, 0.25) is 0 Å². The zero-order valence-corrected chi connectivity index (χ0v) is 19.4. The van der Waals surface area contributed by atoms with Crippen LogP contribution >= 0.6 is 0 Å². The highest BCUT2D eigenvalue weighted by atomic mass is 32.2. The molecule has 4 aromatic carbocycles. The van der Waals surface area contributed by atoms with Crippen LogP contribution in [0.2, 0.25) is 0 Å².